The fraction of sp³-hybridized carbons (Fsp3) is 0.154. The predicted molar refractivity (Wildman–Crippen MR) is 76.1 cm³/mol. The van der Waals surface area contributed by atoms with Crippen molar-refractivity contribution in [1.82, 2.24) is 4.98 Å². The van der Waals surface area contributed by atoms with Gasteiger partial charge >= 0.3 is 0 Å². The minimum Gasteiger partial charge on any atom is -0.439 e. The number of hydrogen-bond donors (Lipinski definition) is 1. The molecule has 94 valence electrons. The van der Waals surface area contributed by atoms with Crippen molar-refractivity contribution >= 4 is 27.5 Å². The Bertz CT molecular complexity index is 575. The number of benzene rings is 1. The van der Waals surface area contributed by atoms with Crippen LogP contribution in [-0.4, -0.2) is 4.98 Å². The molecule has 2 rings (SSSR count). The minimum atomic E-state index is 0.285. The molecule has 0 saturated heterocycles. The van der Waals surface area contributed by atoms with Crippen LogP contribution in [0.1, 0.15) is 11.3 Å². The van der Waals surface area contributed by atoms with Gasteiger partial charge in [-0.05, 0) is 30.7 Å². The van der Waals surface area contributed by atoms with E-state index in [0.29, 0.717) is 16.6 Å². The van der Waals surface area contributed by atoms with Gasteiger partial charge in [-0.1, -0.05) is 33.6 Å². The van der Waals surface area contributed by atoms with Crippen molar-refractivity contribution in [1.29, 1.82) is 0 Å². The van der Waals surface area contributed by atoms with Crippen molar-refractivity contribution in [2.45, 2.75) is 13.5 Å². The molecule has 0 bridgehead atoms. The molecule has 1 aromatic heterocycles. The lowest BCUT2D eigenvalue weighted by molar-refractivity contribution is 0.457. The first-order chi connectivity index (χ1) is 8.60. The summed E-state index contributed by atoms with van der Waals surface area (Å²) in [6, 6.07) is 9.29. The van der Waals surface area contributed by atoms with Crippen LogP contribution >= 0.6 is 27.5 Å². The number of halogens is 2. The van der Waals surface area contributed by atoms with Crippen LogP contribution in [0.5, 0.6) is 11.6 Å². The second-order valence-corrected chi connectivity index (χ2v) is 5.12. The van der Waals surface area contributed by atoms with E-state index in [1.165, 1.54) is 0 Å². The fourth-order valence-electron chi connectivity index (χ4n) is 1.46. The third-order valence-electron chi connectivity index (χ3n) is 2.45. The SMILES string of the molecule is Cc1ccc(Br)cc1Oc1ccc(Cl)c(CN)n1. The Labute approximate surface area is 119 Å². The van der Waals surface area contributed by atoms with Gasteiger partial charge in [0.2, 0.25) is 5.88 Å². The van der Waals surface area contributed by atoms with Crippen molar-refractivity contribution in [2.75, 3.05) is 0 Å². The first-order valence-electron chi connectivity index (χ1n) is 5.39. The van der Waals surface area contributed by atoms with Crippen molar-refractivity contribution < 1.29 is 4.74 Å². The van der Waals surface area contributed by atoms with E-state index in [1.54, 1.807) is 12.1 Å². The Balaban J connectivity index is 2.31. The summed E-state index contributed by atoms with van der Waals surface area (Å²) in [6.45, 7) is 2.26. The van der Waals surface area contributed by atoms with Crippen molar-refractivity contribution in [3.8, 4) is 11.6 Å². The molecule has 3 nitrogen and oxygen atoms in total. The van der Waals surface area contributed by atoms with Crippen LogP contribution in [0.25, 0.3) is 0 Å². The smallest absolute Gasteiger partial charge is 0.219 e. The zero-order valence-corrected chi connectivity index (χ0v) is 12.1. The molecule has 2 aromatic rings. The molecule has 0 fully saturated rings. The van der Waals surface area contributed by atoms with Gasteiger partial charge in [0.15, 0.2) is 0 Å². The molecule has 0 amide bonds. The minimum absolute atomic E-state index is 0.285. The molecule has 0 atom stereocenters. The van der Waals surface area contributed by atoms with Crippen LogP contribution < -0.4 is 10.5 Å². The molecule has 1 heterocycles. The average molecular weight is 328 g/mol. The maximum absolute atomic E-state index is 5.95. The monoisotopic (exact) mass is 326 g/mol. The van der Waals surface area contributed by atoms with Crippen LogP contribution in [0, 0.1) is 6.92 Å². The number of hydrogen-bond acceptors (Lipinski definition) is 3. The number of pyridine rings is 1. The maximum Gasteiger partial charge on any atom is 0.219 e. The lowest BCUT2D eigenvalue weighted by Gasteiger charge is -2.09. The molecule has 2 N–H and O–H groups in total. The second kappa shape index (κ2) is 5.69. The first-order valence-corrected chi connectivity index (χ1v) is 6.56. The third kappa shape index (κ3) is 3.02. The lowest BCUT2D eigenvalue weighted by atomic mass is 10.2. The van der Waals surface area contributed by atoms with Gasteiger partial charge in [-0.15, -0.1) is 0 Å². The Kier molecular flexibility index (Phi) is 4.22. The van der Waals surface area contributed by atoms with Crippen LogP contribution in [0.2, 0.25) is 5.02 Å². The van der Waals surface area contributed by atoms with E-state index in [0.717, 1.165) is 15.8 Å². The van der Waals surface area contributed by atoms with E-state index < -0.39 is 0 Å². The van der Waals surface area contributed by atoms with Gasteiger partial charge in [-0.3, -0.25) is 0 Å². The zero-order chi connectivity index (χ0) is 13.1. The normalized spacial score (nSPS) is 10.4. The molecule has 0 radical (unpaired) electrons. The molecule has 0 aliphatic carbocycles. The molecular formula is C13H12BrClN2O. The van der Waals surface area contributed by atoms with Gasteiger partial charge in [-0.2, -0.15) is 0 Å². The van der Waals surface area contributed by atoms with Gasteiger partial charge in [0.05, 0.1) is 10.7 Å². The highest BCUT2D eigenvalue weighted by molar-refractivity contribution is 9.10. The average Bonchev–Trinajstić information content (AvgIpc) is 2.36. The maximum atomic E-state index is 5.95. The van der Waals surface area contributed by atoms with Gasteiger partial charge in [0.1, 0.15) is 5.75 Å². The quantitative estimate of drug-likeness (QED) is 0.925. The largest absolute Gasteiger partial charge is 0.439 e. The van der Waals surface area contributed by atoms with Gasteiger partial charge in [-0.25, -0.2) is 4.98 Å². The second-order valence-electron chi connectivity index (χ2n) is 3.79. The van der Waals surface area contributed by atoms with E-state index in [-0.39, 0.29) is 6.54 Å². The van der Waals surface area contributed by atoms with E-state index >= 15 is 0 Å². The van der Waals surface area contributed by atoms with Gasteiger partial charge in [0.25, 0.3) is 0 Å². The van der Waals surface area contributed by atoms with E-state index in [1.807, 2.05) is 25.1 Å². The fourth-order valence-corrected chi connectivity index (χ4v) is 1.98. The summed E-state index contributed by atoms with van der Waals surface area (Å²) in [4.78, 5) is 4.26. The molecule has 5 heteroatoms. The first kappa shape index (κ1) is 13.3. The summed E-state index contributed by atoms with van der Waals surface area (Å²) >= 11 is 9.36. The Morgan fingerprint density at radius 1 is 1.33 bits per heavy atom. The summed E-state index contributed by atoms with van der Waals surface area (Å²) in [6.07, 6.45) is 0. The number of nitrogens with zero attached hydrogens (tertiary/aromatic N) is 1. The number of aryl methyl sites for hydroxylation is 1. The summed E-state index contributed by atoms with van der Waals surface area (Å²) in [7, 11) is 0. The molecule has 1 aromatic carbocycles. The molecular weight excluding hydrogens is 316 g/mol. The Morgan fingerprint density at radius 2 is 2.11 bits per heavy atom. The molecule has 18 heavy (non-hydrogen) atoms. The Morgan fingerprint density at radius 3 is 2.83 bits per heavy atom. The zero-order valence-electron chi connectivity index (χ0n) is 9.78. The Hall–Kier alpha value is -1.10. The topological polar surface area (TPSA) is 48.1 Å². The molecule has 0 unspecified atom stereocenters. The lowest BCUT2D eigenvalue weighted by Crippen LogP contribution is -2.01. The number of ether oxygens (including phenoxy) is 1. The summed E-state index contributed by atoms with van der Waals surface area (Å²) in [5.41, 5.74) is 7.22. The van der Waals surface area contributed by atoms with E-state index in [9.17, 15) is 0 Å². The summed E-state index contributed by atoms with van der Waals surface area (Å²) in [5, 5.41) is 0.552. The van der Waals surface area contributed by atoms with Crippen molar-refractivity contribution in [2.24, 2.45) is 5.73 Å². The van der Waals surface area contributed by atoms with Crippen LogP contribution in [-0.2, 0) is 6.54 Å². The number of nitrogens with two attached hydrogens (primary N) is 1. The number of aromatic nitrogens is 1. The molecule has 0 spiro atoms. The predicted octanol–water partition coefficient (Wildman–Crippen LogP) is 4.06. The van der Waals surface area contributed by atoms with E-state index in [2.05, 4.69) is 20.9 Å². The highest BCUT2D eigenvalue weighted by Gasteiger charge is 2.06. The van der Waals surface area contributed by atoms with Gasteiger partial charge < -0.3 is 10.5 Å². The van der Waals surface area contributed by atoms with E-state index in [4.69, 9.17) is 22.1 Å². The van der Waals surface area contributed by atoms with Crippen molar-refractivity contribution in [3.63, 3.8) is 0 Å². The highest BCUT2D eigenvalue weighted by Crippen LogP contribution is 2.28. The summed E-state index contributed by atoms with van der Waals surface area (Å²) < 4.78 is 6.69. The van der Waals surface area contributed by atoms with Crippen LogP contribution in [0.3, 0.4) is 0 Å². The van der Waals surface area contributed by atoms with Gasteiger partial charge in [0, 0.05) is 17.1 Å². The standard InChI is InChI=1S/C13H12BrClN2O/c1-8-2-3-9(14)6-12(8)18-13-5-4-10(15)11(7-16)17-13/h2-6H,7,16H2,1H3. The molecule has 0 aliphatic heterocycles. The molecule has 0 aliphatic rings. The molecule has 0 saturated carbocycles. The van der Waals surface area contributed by atoms with Crippen LogP contribution in [0.4, 0.5) is 0 Å². The van der Waals surface area contributed by atoms with Crippen LogP contribution in [0.15, 0.2) is 34.8 Å². The number of rotatable bonds is 3. The highest BCUT2D eigenvalue weighted by atomic mass is 79.9. The van der Waals surface area contributed by atoms with Crippen molar-refractivity contribution in [3.05, 3.63) is 51.1 Å². The third-order valence-corrected chi connectivity index (χ3v) is 3.29. The summed E-state index contributed by atoms with van der Waals surface area (Å²) in [5.74, 6) is 1.24.